The van der Waals surface area contributed by atoms with Gasteiger partial charge < -0.3 is 10.5 Å². The standard InChI is InChI=1S/C10H14BrNO3S/c1-15-4-5-16(13,14)7-8-2-3-9(11)6-10(8)12/h2-3,6H,4-5,7,12H2,1H3. The Hall–Kier alpha value is -0.590. The van der Waals surface area contributed by atoms with Crippen LogP contribution in [0.3, 0.4) is 0 Å². The molecule has 1 aromatic carbocycles. The van der Waals surface area contributed by atoms with E-state index in [-0.39, 0.29) is 18.1 Å². The second kappa shape index (κ2) is 5.65. The molecule has 4 nitrogen and oxygen atoms in total. The van der Waals surface area contributed by atoms with Crippen molar-refractivity contribution in [3.63, 3.8) is 0 Å². The Morgan fingerprint density at radius 3 is 2.69 bits per heavy atom. The second-order valence-electron chi connectivity index (χ2n) is 3.43. The molecule has 0 aliphatic rings. The third-order valence-corrected chi connectivity index (χ3v) is 4.11. The summed E-state index contributed by atoms with van der Waals surface area (Å²) in [4.78, 5) is 0. The van der Waals surface area contributed by atoms with E-state index in [9.17, 15) is 8.42 Å². The molecule has 0 unspecified atom stereocenters. The molecule has 0 spiro atoms. The molecule has 6 heteroatoms. The van der Waals surface area contributed by atoms with Crippen molar-refractivity contribution in [1.82, 2.24) is 0 Å². The van der Waals surface area contributed by atoms with Crippen LogP contribution in [0.25, 0.3) is 0 Å². The Kier molecular flexibility index (Phi) is 4.76. The molecule has 16 heavy (non-hydrogen) atoms. The van der Waals surface area contributed by atoms with Crippen LogP contribution in [-0.2, 0) is 20.3 Å². The van der Waals surface area contributed by atoms with Gasteiger partial charge in [-0.3, -0.25) is 0 Å². The van der Waals surface area contributed by atoms with Crippen molar-refractivity contribution in [2.24, 2.45) is 0 Å². The molecule has 0 saturated heterocycles. The molecule has 2 N–H and O–H groups in total. The van der Waals surface area contributed by atoms with Crippen molar-refractivity contribution in [3.05, 3.63) is 28.2 Å². The van der Waals surface area contributed by atoms with Gasteiger partial charge in [-0.25, -0.2) is 8.42 Å². The summed E-state index contributed by atoms with van der Waals surface area (Å²) >= 11 is 3.27. The number of hydrogen-bond donors (Lipinski definition) is 1. The Morgan fingerprint density at radius 2 is 2.12 bits per heavy atom. The van der Waals surface area contributed by atoms with Crippen LogP contribution >= 0.6 is 15.9 Å². The fourth-order valence-electron chi connectivity index (χ4n) is 1.22. The minimum atomic E-state index is -3.15. The number of methoxy groups -OCH3 is 1. The van der Waals surface area contributed by atoms with Gasteiger partial charge in [-0.1, -0.05) is 22.0 Å². The zero-order valence-electron chi connectivity index (χ0n) is 8.94. The van der Waals surface area contributed by atoms with E-state index in [1.165, 1.54) is 7.11 Å². The highest BCUT2D eigenvalue weighted by Crippen LogP contribution is 2.20. The average molecular weight is 308 g/mol. The van der Waals surface area contributed by atoms with Crippen LogP contribution in [0.5, 0.6) is 0 Å². The zero-order chi connectivity index (χ0) is 12.2. The number of nitrogens with two attached hydrogens (primary N) is 1. The molecule has 0 atom stereocenters. The summed E-state index contributed by atoms with van der Waals surface area (Å²) in [6.07, 6.45) is 0. The van der Waals surface area contributed by atoms with Crippen LogP contribution in [0, 0.1) is 0 Å². The van der Waals surface area contributed by atoms with E-state index in [2.05, 4.69) is 15.9 Å². The summed E-state index contributed by atoms with van der Waals surface area (Å²) in [5, 5.41) is 0. The zero-order valence-corrected chi connectivity index (χ0v) is 11.3. The van der Waals surface area contributed by atoms with Crippen molar-refractivity contribution in [1.29, 1.82) is 0 Å². The molecule has 0 aliphatic carbocycles. The molecule has 0 aliphatic heterocycles. The minimum absolute atomic E-state index is 0.0129. The Morgan fingerprint density at radius 1 is 1.44 bits per heavy atom. The quantitative estimate of drug-likeness (QED) is 0.839. The van der Waals surface area contributed by atoms with Crippen molar-refractivity contribution in [2.45, 2.75) is 5.75 Å². The van der Waals surface area contributed by atoms with Gasteiger partial charge in [0.15, 0.2) is 9.84 Å². The van der Waals surface area contributed by atoms with Gasteiger partial charge in [-0.05, 0) is 17.7 Å². The molecular formula is C10H14BrNO3S. The highest BCUT2D eigenvalue weighted by molar-refractivity contribution is 9.10. The predicted octanol–water partition coefficient (Wildman–Crippen LogP) is 1.59. The number of halogens is 1. The lowest BCUT2D eigenvalue weighted by molar-refractivity contribution is 0.217. The van der Waals surface area contributed by atoms with E-state index in [0.717, 1.165) is 4.47 Å². The maximum Gasteiger partial charge on any atom is 0.156 e. The maximum atomic E-state index is 11.6. The molecule has 0 heterocycles. The summed E-state index contributed by atoms with van der Waals surface area (Å²) < 4.78 is 28.9. The number of nitrogen functional groups attached to an aromatic ring is 1. The number of benzene rings is 1. The van der Waals surface area contributed by atoms with Crippen LogP contribution < -0.4 is 5.73 Å². The molecule has 1 rings (SSSR count). The normalized spacial score (nSPS) is 11.6. The first-order chi connectivity index (χ1) is 7.44. The van der Waals surface area contributed by atoms with Crippen molar-refractivity contribution in [2.75, 3.05) is 25.2 Å². The lowest BCUT2D eigenvalue weighted by atomic mass is 10.2. The topological polar surface area (TPSA) is 69.4 Å². The molecule has 90 valence electrons. The van der Waals surface area contributed by atoms with E-state index in [1.54, 1.807) is 18.2 Å². The highest BCUT2D eigenvalue weighted by atomic mass is 79.9. The third kappa shape index (κ3) is 4.11. The largest absolute Gasteiger partial charge is 0.398 e. The van der Waals surface area contributed by atoms with Gasteiger partial charge in [0.05, 0.1) is 18.1 Å². The van der Waals surface area contributed by atoms with E-state index >= 15 is 0 Å². The summed E-state index contributed by atoms with van der Waals surface area (Å²) in [5.41, 5.74) is 6.84. The van der Waals surface area contributed by atoms with Crippen molar-refractivity contribution >= 4 is 31.5 Å². The van der Waals surface area contributed by atoms with Crippen LogP contribution in [0.1, 0.15) is 5.56 Å². The molecular weight excluding hydrogens is 294 g/mol. The second-order valence-corrected chi connectivity index (χ2v) is 6.53. The van der Waals surface area contributed by atoms with E-state index in [1.807, 2.05) is 0 Å². The molecule has 0 saturated carbocycles. The first-order valence-corrected chi connectivity index (χ1v) is 7.29. The summed E-state index contributed by atoms with van der Waals surface area (Å²) in [7, 11) is -1.68. The third-order valence-electron chi connectivity index (χ3n) is 2.08. The molecule has 0 amide bonds. The number of hydrogen-bond acceptors (Lipinski definition) is 4. The number of anilines is 1. The van der Waals surface area contributed by atoms with Crippen LogP contribution in [0.2, 0.25) is 0 Å². The van der Waals surface area contributed by atoms with Gasteiger partial charge in [0.25, 0.3) is 0 Å². The van der Waals surface area contributed by atoms with Gasteiger partial charge in [0.1, 0.15) is 0 Å². The summed E-state index contributed by atoms with van der Waals surface area (Å²) in [6.45, 7) is 0.207. The first-order valence-electron chi connectivity index (χ1n) is 4.68. The minimum Gasteiger partial charge on any atom is -0.398 e. The number of ether oxygens (including phenoxy) is 1. The molecule has 0 bridgehead atoms. The number of sulfone groups is 1. The Labute approximate surface area is 104 Å². The molecule has 0 radical (unpaired) electrons. The monoisotopic (exact) mass is 307 g/mol. The van der Waals surface area contributed by atoms with E-state index in [0.29, 0.717) is 11.3 Å². The fraction of sp³-hybridized carbons (Fsp3) is 0.400. The van der Waals surface area contributed by atoms with Gasteiger partial charge in [0.2, 0.25) is 0 Å². The van der Waals surface area contributed by atoms with E-state index < -0.39 is 9.84 Å². The summed E-state index contributed by atoms with van der Waals surface area (Å²) in [6, 6.07) is 5.18. The SMILES string of the molecule is COCCS(=O)(=O)Cc1ccc(Br)cc1N. The lowest BCUT2D eigenvalue weighted by Crippen LogP contribution is -2.14. The van der Waals surface area contributed by atoms with Gasteiger partial charge in [-0.2, -0.15) is 0 Å². The predicted molar refractivity (Wildman–Crippen MR) is 67.9 cm³/mol. The lowest BCUT2D eigenvalue weighted by Gasteiger charge is -2.07. The van der Waals surface area contributed by atoms with E-state index in [4.69, 9.17) is 10.5 Å². The van der Waals surface area contributed by atoms with Crippen molar-refractivity contribution in [3.8, 4) is 0 Å². The van der Waals surface area contributed by atoms with Crippen LogP contribution in [0.15, 0.2) is 22.7 Å². The van der Waals surface area contributed by atoms with Crippen molar-refractivity contribution < 1.29 is 13.2 Å². The van der Waals surface area contributed by atoms with Gasteiger partial charge in [0, 0.05) is 17.3 Å². The van der Waals surface area contributed by atoms with Crippen LogP contribution in [0.4, 0.5) is 5.69 Å². The highest BCUT2D eigenvalue weighted by Gasteiger charge is 2.13. The van der Waals surface area contributed by atoms with Crippen LogP contribution in [-0.4, -0.2) is 27.9 Å². The molecule has 0 fully saturated rings. The molecule has 0 aromatic heterocycles. The maximum absolute atomic E-state index is 11.6. The molecule has 1 aromatic rings. The smallest absolute Gasteiger partial charge is 0.156 e. The Bertz CT molecular complexity index is 459. The Balaban J connectivity index is 2.80. The number of rotatable bonds is 5. The van der Waals surface area contributed by atoms with Gasteiger partial charge >= 0.3 is 0 Å². The summed E-state index contributed by atoms with van der Waals surface area (Å²) in [5.74, 6) is -0.0333. The average Bonchev–Trinajstić information content (AvgIpc) is 2.19. The first kappa shape index (κ1) is 13.5. The van der Waals surface area contributed by atoms with Gasteiger partial charge in [-0.15, -0.1) is 0 Å². The fourth-order valence-corrected chi connectivity index (χ4v) is 2.90.